The smallest absolute Gasteiger partial charge is 0.295 e. The van der Waals surface area contributed by atoms with Crippen LogP contribution in [0.5, 0.6) is 0 Å². The highest BCUT2D eigenvalue weighted by molar-refractivity contribution is 7.71. The second kappa shape index (κ2) is 4.09. The molecule has 0 unspecified atom stereocenters. The van der Waals surface area contributed by atoms with Crippen molar-refractivity contribution in [2.24, 2.45) is 0 Å². The molecule has 0 saturated heterocycles. The molecule has 1 heterocycles. The van der Waals surface area contributed by atoms with Gasteiger partial charge in [0.15, 0.2) is 0 Å². The van der Waals surface area contributed by atoms with Crippen LogP contribution in [-0.2, 0) is 0 Å². The van der Waals surface area contributed by atoms with E-state index in [0.717, 1.165) is 10.2 Å². The van der Waals surface area contributed by atoms with Crippen LogP contribution in [-0.4, -0.2) is 15.8 Å². The van der Waals surface area contributed by atoms with Crippen LogP contribution in [0.15, 0.2) is 29.1 Å². The van der Waals surface area contributed by atoms with Gasteiger partial charge in [0.25, 0.3) is 5.56 Å². The first-order valence-corrected chi connectivity index (χ1v) is 5.41. The zero-order chi connectivity index (χ0) is 11.7. The molecule has 0 aliphatic heterocycles. The average Bonchev–Trinajstić information content (AvgIpc) is 2.24. The van der Waals surface area contributed by atoms with E-state index >= 15 is 0 Å². The number of aromatic nitrogens is 2. The third kappa shape index (κ3) is 1.86. The summed E-state index contributed by atoms with van der Waals surface area (Å²) in [5, 5.41) is 0.566. The van der Waals surface area contributed by atoms with Crippen molar-refractivity contribution in [1.82, 2.24) is 9.71 Å². The van der Waals surface area contributed by atoms with Crippen LogP contribution in [0.1, 0.15) is 13.8 Å². The van der Waals surface area contributed by atoms with Crippen LogP contribution in [0, 0.1) is 4.77 Å². The number of H-pyrrole nitrogens is 1. The maximum Gasteiger partial charge on any atom is 0.295 e. The minimum absolute atomic E-state index is 0.103. The SMILES string of the molecule is CC(C)On1c(=S)[nH]c2ccccc2c1=O. The first-order valence-electron chi connectivity index (χ1n) is 5.01. The van der Waals surface area contributed by atoms with Gasteiger partial charge in [0.05, 0.1) is 10.9 Å². The largest absolute Gasteiger partial charge is 0.405 e. The number of benzene rings is 1. The van der Waals surface area contributed by atoms with E-state index < -0.39 is 0 Å². The van der Waals surface area contributed by atoms with E-state index in [1.54, 1.807) is 12.1 Å². The third-order valence-electron chi connectivity index (χ3n) is 2.08. The highest BCUT2D eigenvalue weighted by Crippen LogP contribution is 2.05. The van der Waals surface area contributed by atoms with E-state index in [0.29, 0.717) is 5.39 Å². The number of hydrogen-bond donors (Lipinski definition) is 1. The molecule has 0 aliphatic carbocycles. The first-order chi connectivity index (χ1) is 7.59. The second-order valence-electron chi connectivity index (χ2n) is 3.73. The number of hydrogen-bond acceptors (Lipinski definition) is 3. The van der Waals surface area contributed by atoms with Gasteiger partial charge in [-0.15, -0.1) is 4.73 Å². The quantitative estimate of drug-likeness (QED) is 0.810. The van der Waals surface area contributed by atoms with Crippen molar-refractivity contribution < 1.29 is 4.84 Å². The summed E-state index contributed by atoms with van der Waals surface area (Å²) in [7, 11) is 0. The lowest BCUT2D eigenvalue weighted by atomic mass is 10.2. The number of nitrogens with one attached hydrogen (secondary N) is 1. The van der Waals surface area contributed by atoms with Gasteiger partial charge < -0.3 is 9.82 Å². The molecule has 0 spiro atoms. The fraction of sp³-hybridized carbons (Fsp3) is 0.273. The highest BCUT2D eigenvalue weighted by atomic mass is 32.1. The lowest BCUT2D eigenvalue weighted by Gasteiger charge is -2.11. The molecule has 2 aromatic rings. The summed E-state index contributed by atoms with van der Waals surface area (Å²) in [4.78, 5) is 20.3. The Hall–Kier alpha value is -1.62. The Bertz CT molecular complexity index is 628. The van der Waals surface area contributed by atoms with Gasteiger partial charge in [-0.2, -0.15) is 0 Å². The summed E-state index contributed by atoms with van der Waals surface area (Å²) in [5.41, 5.74) is 0.495. The van der Waals surface area contributed by atoms with E-state index in [2.05, 4.69) is 4.98 Å². The van der Waals surface area contributed by atoms with Crippen LogP contribution >= 0.6 is 12.2 Å². The summed E-state index contributed by atoms with van der Waals surface area (Å²) >= 11 is 5.07. The van der Waals surface area contributed by atoms with Gasteiger partial charge in [-0.3, -0.25) is 4.79 Å². The Morgan fingerprint density at radius 3 is 2.75 bits per heavy atom. The van der Waals surface area contributed by atoms with Gasteiger partial charge in [0.2, 0.25) is 4.77 Å². The maximum atomic E-state index is 12.0. The zero-order valence-electron chi connectivity index (χ0n) is 9.06. The van der Waals surface area contributed by atoms with Crippen LogP contribution < -0.4 is 10.4 Å². The van der Waals surface area contributed by atoms with Gasteiger partial charge >= 0.3 is 0 Å². The minimum Gasteiger partial charge on any atom is -0.405 e. The lowest BCUT2D eigenvalue weighted by Crippen LogP contribution is -2.32. The molecular formula is C11H12N2O2S. The zero-order valence-corrected chi connectivity index (χ0v) is 9.88. The van der Waals surface area contributed by atoms with E-state index in [9.17, 15) is 4.79 Å². The summed E-state index contributed by atoms with van der Waals surface area (Å²) in [6, 6.07) is 7.20. The molecule has 16 heavy (non-hydrogen) atoms. The molecule has 2 rings (SSSR count). The van der Waals surface area contributed by atoms with Crippen molar-refractivity contribution in [2.45, 2.75) is 20.0 Å². The summed E-state index contributed by atoms with van der Waals surface area (Å²) in [6.45, 7) is 3.69. The molecule has 4 nitrogen and oxygen atoms in total. The first kappa shape index (κ1) is 10.9. The van der Waals surface area contributed by atoms with Gasteiger partial charge in [0.1, 0.15) is 6.10 Å². The highest BCUT2D eigenvalue weighted by Gasteiger charge is 2.06. The summed E-state index contributed by atoms with van der Waals surface area (Å²) in [5.74, 6) is 0. The van der Waals surface area contributed by atoms with Crippen molar-refractivity contribution in [3.8, 4) is 0 Å². The molecule has 0 amide bonds. The summed E-state index contributed by atoms with van der Waals surface area (Å²) < 4.78 is 1.40. The molecule has 0 radical (unpaired) electrons. The third-order valence-corrected chi connectivity index (χ3v) is 2.35. The molecular weight excluding hydrogens is 224 g/mol. The monoisotopic (exact) mass is 236 g/mol. The molecule has 1 N–H and O–H groups in total. The molecule has 0 bridgehead atoms. The normalized spacial score (nSPS) is 10.9. The van der Waals surface area contributed by atoms with Crippen molar-refractivity contribution >= 4 is 23.1 Å². The van der Waals surface area contributed by atoms with Crippen molar-refractivity contribution in [3.63, 3.8) is 0 Å². The number of para-hydroxylation sites is 1. The van der Waals surface area contributed by atoms with Crippen LogP contribution in [0.25, 0.3) is 10.9 Å². The fourth-order valence-corrected chi connectivity index (χ4v) is 1.69. The standard InChI is InChI=1S/C11H12N2O2S/c1-7(2)15-13-10(14)8-5-3-4-6-9(8)12-11(13)16/h3-7H,1-2H3,(H,12,16). The minimum atomic E-state index is -0.229. The van der Waals surface area contributed by atoms with E-state index in [4.69, 9.17) is 17.1 Å². The van der Waals surface area contributed by atoms with E-state index in [1.807, 2.05) is 26.0 Å². The Balaban J connectivity index is 2.76. The molecule has 0 aliphatic rings. The Labute approximate surface area is 97.4 Å². The number of fused-ring (bicyclic) bond motifs is 1. The van der Waals surface area contributed by atoms with Crippen molar-refractivity contribution in [2.75, 3.05) is 0 Å². The Morgan fingerprint density at radius 1 is 1.38 bits per heavy atom. The number of aromatic amines is 1. The molecule has 1 aromatic carbocycles. The molecule has 0 atom stereocenters. The topological polar surface area (TPSA) is 47.0 Å². The molecule has 84 valence electrons. The average molecular weight is 236 g/mol. The predicted molar refractivity (Wildman–Crippen MR) is 65.1 cm³/mol. The van der Waals surface area contributed by atoms with E-state index in [-0.39, 0.29) is 16.4 Å². The van der Waals surface area contributed by atoms with Crippen LogP contribution in [0.2, 0.25) is 0 Å². The van der Waals surface area contributed by atoms with Gasteiger partial charge in [-0.25, -0.2) is 0 Å². The van der Waals surface area contributed by atoms with Gasteiger partial charge in [-0.05, 0) is 38.2 Å². The number of rotatable bonds is 2. The van der Waals surface area contributed by atoms with Gasteiger partial charge in [0, 0.05) is 0 Å². The Morgan fingerprint density at radius 2 is 2.06 bits per heavy atom. The molecule has 0 saturated carbocycles. The van der Waals surface area contributed by atoms with Crippen LogP contribution in [0.3, 0.4) is 0 Å². The molecule has 1 aromatic heterocycles. The van der Waals surface area contributed by atoms with Crippen molar-refractivity contribution in [3.05, 3.63) is 39.4 Å². The summed E-state index contributed by atoms with van der Waals surface area (Å²) in [6.07, 6.45) is -0.103. The van der Waals surface area contributed by atoms with Crippen LogP contribution in [0.4, 0.5) is 0 Å². The Kier molecular flexibility index (Phi) is 2.78. The fourth-order valence-electron chi connectivity index (χ4n) is 1.45. The predicted octanol–water partition coefficient (Wildman–Crippen LogP) is 1.90. The van der Waals surface area contributed by atoms with E-state index in [1.165, 1.54) is 0 Å². The molecule has 5 heteroatoms. The number of nitrogens with zero attached hydrogens (tertiary/aromatic N) is 1. The lowest BCUT2D eigenvalue weighted by molar-refractivity contribution is 0.0491. The second-order valence-corrected chi connectivity index (χ2v) is 4.12. The molecule has 0 fully saturated rings. The maximum absolute atomic E-state index is 12.0. The van der Waals surface area contributed by atoms with Gasteiger partial charge in [-0.1, -0.05) is 12.1 Å². The van der Waals surface area contributed by atoms with Crippen molar-refractivity contribution in [1.29, 1.82) is 0 Å².